The van der Waals surface area contributed by atoms with Crippen LogP contribution in [0.25, 0.3) is 0 Å². The Balaban J connectivity index is 2.15. The van der Waals surface area contributed by atoms with Crippen molar-refractivity contribution in [2.45, 2.75) is 70.4 Å². The number of ether oxygens (including phenoxy) is 1. The fourth-order valence-electron chi connectivity index (χ4n) is 3.82. The molecule has 0 spiro atoms. The molecule has 3 amide bonds. The minimum atomic E-state index is -0.810. The first-order valence-corrected chi connectivity index (χ1v) is 12.0. The van der Waals surface area contributed by atoms with Crippen LogP contribution in [-0.4, -0.2) is 49.4 Å². The maximum absolute atomic E-state index is 12.8. The minimum Gasteiger partial charge on any atom is -0.449 e. The average molecular weight is 472 g/mol. The quantitative estimate of drug-likeness (QED) is 0.461. The van der Waals surface area contributed by atoms with Gasteiger partial charge in [0.25, 0.3) is 0 Å². The first kappa shape index (κ1) is 27.1. The molecular formula is C26H37N3O5. The monoisotopic (exact) mass is 471 g/mol. The highest BCUT2D eigenvalue weighted by Crippen LogP contribution is 2.22. The number of carbonyl (C=O) groups excluding carboxylic acids is 4. The molecule has 1 aromatic rings. The summed E-state index contributed by atoms with van der Waals surface area (Å²) in [7, 11) is 0. The van der Waals surface area contributed by atoms with Crippen molar-refractivity contribution in [2.24, 2.45) is 5.92 Å². The Bertz CT molecular complexity index is 825. The second-order valence-electron chi connectivity index (χ2n) is 9.03. The maximum atomic E-state index is 12.8. The number of alkyl carbamates (subject to hydrolysis) is 1. The first-order valence-electron chi connectivity index (χ1n) is 12.0. The van der Waals surface area contributed by atoms with Crippen molar-refractivity contribution < 1.29 is 23.9 Å². The largest absolute Gasteiger partial charge is 0.449 e. The van der Waals surface area contributed by atoms with Crippen LogP contribution in [-0.2, 0) is 19.1 Å². The molecule has 1 aromatic carbocycles. The van der Waals surface area contributed by atoms with E-state index in [0.717, 1.165) is 18.4 Å². The number of carbonyl (C=O) groups is 4. The van der Waals surface area contributed by atoms with Gasteiger partial charge in [0.2, 0.25) is 11.8 Å². The molecular weight excluding hydrogens is 434 g/mol. The molecule has 1 aliphatic rings. The normalized spacial score (nSPS) is 24.9. The molecule has 0 radical (unpaired) electrons. The summed E-state index contributed by atoms with van der Waals surface area (Å²) in [6.45, 7) is 4.49. The van der Waals surface area contributed by atoms with Gasteiger partial charge in [-0.3, -0.25) is 9.59 Å². The molecule has 0 fully saturated rings. The number of amides is 3. The molecule has 34 heavy (non-hydrogen) atoms. The lowest BCUT2D eigenvalue weighted by Gasteiger charge is -2.23. The SMILES string of the molecule is CC(C)C[C@@H]1NC(=O)OCC(c2ccccc2)CC/C=C/CC(=O)NCCC[C@@H](C=O)NC1=O. The lowest BCUT2D eigenvalue weighted by atomic mass is 9.95. The number of cyclic esters (lactones) is 1. The van der Waals surface area contributed by atoms with E-state index in [2.05, 4.69) is 16.0 Å². The molecule has 0 aliphatic carbocycles. The molecule has 186 valence electrons. The smallest absolute Gasteiger partial charge is 0.407 e. The highest BCUT2D eigenvalue weighted by atomic mass is 16.5. The summed E-state index contributed by atoms with van der Waals surface area (Å²) in [5.74, 6) is -0.389. The number of hydrogen-bond acceptors (Lipinski definition) is 5. The highest BCUT2D eigenvalue weighted by Gasteiger charge is 2.25. The molecule has 8 nitrogen and oxygen atoms in total. The Morgan fingerprint density at radius 3 is 2.53 bits per heavy atom. The van der Waals surface area contributed by atoms with E-state index in [-0.39, 0.29) is 30.8 Å². The zero-order valence-electron chi connectivity index (χ0n) is 20.1. The van der Waals surface area contributed by atoms with Gasteiger partial charge in [0.05, 0.1) is 6.04 Å². The number of nitrogens with one attached hydrogen (secondary N) is 3. The fourth-order valence-corrected chi connectivity index (χ4v) is 3.82. The van der Waals surface area contributed by atoms with Crippen molar-refractivity contribution in [3.8, 4) is 0 Å². The summed E-state index contributed by atoms with van der Waals surface area (Å²) in [6, 6.07) is 8.30. The van der Waals surface area contributed by atoms with Crippen LogP contribution < -0.4 is 16.0 Å². The molecule has 0 bridgehead atoms. The summed E-state index contributed by atoms with van der Waals surface area (Å²) in [5, 5.41) is 8.21. The molecule has 2 rings (SSSR count). The van der Waals surface area contributed by atoms with Crippen LogP contribution in [0.2, 0.25) is 0 Å². The van der Waals surface area contributed by atoms with E-state index < -0.39 is 24.1 Å². The number of hydrogen-bond donors (Lipinski definition) is 3. The molecule has 0 saturated carbocycles. The maximum Gasteiger partial charge on any atom is 0.407 e. The Labute approximate surface area is 201 Å². The summed E-state index contributed by atoms with van der Waals surface area (Å²) in [6.07, 6.45) is 6.93. The number of benzene rings is 1. The number of allylic oxidation sites excluding steroid dienone is 1. The van der Waals surface area contributed by atoms with Gasteiger partial charge in [0.1, 0.15) is 18.9 Å². The Morgan fingerprint density at radius 2 is 1.82 bits per heavy atom. The molecule has 0 saturated heterocycles. The topological polar surface area (TPSA) is 114 Å². The summed E-state index contributed by atoms with van der Waals surface area (Å²) < 4.78 is 5.52. The van der Waals surface area contributed by atoms with Crippen molar-refractivity contribution in [3.63, 3.8) is 0 Å². The third-order valence-corrected chi connectivity index (χ3v) is 5.66. The van der Waals surface area contributed by atoms with Crippen molar-refractivity contribution in [2.75, 3.05) is 13.2 Å². The van der Waals surface area contributed by atoms with Crippen LogP contribution in [0.15, 0.2) is 42.5 Å². The van der Waals surface area contributed by atoms with E-state index in [1.807, 2.05) is 56.3 Å². The minimum absolute atomic E-state index is 0.0238. The molecule has 1 aliphatic heterocycles. The van der Waals surface area contributed by atoms with Gasteiger partial charge in [-0.05, 0) is 43.6 Å². The lowest BCUT2D eigenvalue weighted by Crippen LogP contribution is -2.50. The van der Waals surface area contributed by atoms with Gasteiger partial charge in [-0.25, -0.2) is 4.79 Å². The molecule has 1 heterocycles. The van der Waals surface area contributed by atoms with E-state index in [1.165, 1.54) is 0 Å². The first-order chi connectivity index (χ1) is 16.4. The Morgan fingerprint density at radius 1 is 1.06 bits per heavy atom. The van der Waals surface area contributed by atoms with Crippen LogP contribution in [0.3, 0.4) is 0 Å². The lowest BCUT2D eigenvalue weighted by molar-refractivity contribution is -0.126. The van der Waals surface area contributed by atoms with Crippen molar-refractivity contribution in [1.29, 1.82) is 0 Å². The van der Waals surface area contributed by atoms with Crippen molar-refractivity contribution in [1.82, 2.24) is 16.0 Å². The second-order valence-corrected chi connectivity index (χ2v) is 9.03. The van der Waals surface area contributed by atoms with Gasteiger partial charge in [-0.15, -0.1) is 0 Å². The predicted octanol–water partition coefficient (Wildman–Crippen LogP) is 3.23. The van der Waals surface area contributed by atoms with Gasteiger partial charge in [-0.2, -0.15) is 0 Å². The summed E-state index contributed by atoms with van der Waals surface area (Å²) >= 11 is 0. The van der Waals surface area contributed by atoms with Gasteiger partial charge >= 0.3 is 6.09 Å². The Hall–Kier alpha value is -3.16. The Kier molecular flexibility index (Phi) is 11.9. The molecule has 3 N–H and O–H groups in total. The van der Waals surface area contributed by atoms with Gasteiger partial charge in [0, 0.05) is 18.9 Å². The van der Waals surface area contributed by atoms with Gasteiger partial charge in [0.15, 0.2) is 0 Å². The average Bonchev–Trinajstić information content (AvgIpc) is 2.81. The van der Waals surface area contributed by atoms with Gasteiger partial charge < -0.3 is 25.5 Å². The predicted molar refractivity (Wildman–Crippen MR) is 130 cm³/mol. The van der Waals surface area contributed by atoms with Crippen LogP contribution in [0, 0.1) is 5.92 Å². The molecule has 3 atom stereocenters. The standard InChI is InChI=1S/C26H37N3O5/c1-19(2)16-23-25(32)28-22(17-30)13-9-15-27-24(31)14-8-4-7-12-21(18-34-26(33)29-23)20-10-5-3-6-11-20/h3-6,8,10-11,17,19,21-23H,7,9,12-16,18H2,1-2H3,(H,27,31)(H,28,32)(H,29,33)/b8-4+/t21?,22-,23-/m0/s1. The van der Waals surface area contributed by atoms with Crippen LogP contribution >= 0.6 is 0 Å². The molecule has 1 unspecified atom stereocenters. The summed E-state index contributed by atoms with van der Waals surface area (Å²) in [5.41, 5.74) is 1.05. The van der Waals surface area contributed by atoms with E-state index in [1.54, 1.807) is 0 Å². The third-order valence-electron chi connectivity index (χ3n) is 5.66. The second kappa shape index (κ2) is 14.9. The molecule has 0 aromatic heterocycles. The van der Waals surface area contributed by atoms with Crippen LogP contribution in [0.5, 0.6) is 0 Å². The van der Waals surface area contributed by atoms with E-state index in [0.29, 0.717) is 32.1 Å². The third kappa shape index (κ3) is 10.2. The van der Waals surface area contributed by atoms with Crippen LogP contribution in [0.4, 0.5) is 4.79 Å². The van der Waals surface area contributed by atoms with E-state index in [9.17, 15) is 19.2 Å². The van der Waals surface area contributed by atoms with Crippen molar-refractivity contribution >= 4 is 24.2 Å². The molecule has 8 heteroatoms. The van der Waals surface area contributed by atoms with Crippen molar-refractivity contribution in [3.05, 3.63) is 48.0 Å². The highest BCUT2D eigenvalue weighted by molar-refractivity contribution is 5.87. The summed E-state index contributed by atoms with van der Waals surface area (Å²) in [4.78, 5) is 48.9. The zero-order chi connectivity index (χ0) is 24.8. The zero-order valence-corrected chi connectivity index (χ0v) is 20.1. The van der Waals surface area contributed by atoms with Crippen LogP contribution in [0.1, 0.15) is 63.9 Å². The van der Waals surface area contributed by atoms with E-state index >= 15 is 0 Å². The van der Waals surface area contributed by atoms with Gasteiger partial charge in [-0.1, -0.05) is 56.3 Å². The van der Waals surface area contributed by atoms with E-state index in [4.69, 9.17) is 4.74 Å². The number of aldehydes is 1. The number of rotatable bonds is 4. The fraction of sp³-hybridized carbons (Fsp3) is 0.538.